The van der Waals surface area contributed by atoms with Crippen molar-refractivity contribution in [3.8, 4) is 5.75 Å². The summed E-state index contributed by atoms with van der Waals surface area (Å²) in [4.78, 5) is 12.0. The van der Waals surface area contributed by atoms with E-state index < -0.39 is 10.1 Å². The van der Waals surface area contributed by atoms with Gasteiger partial charge < -0.3 is 9.50 Å². The topological polar surface area (TPSA) is 97.2 Å². The summed E-state index contributed by atoms with van der Waals surface area (Å²) in [6.07, 6.45) is 3.11. The number of rotatable bonds is 7. The van der Waals surface area contributed by atoms with E-state index in [1.165, 1.54) is 30.1 Å². The van der Waals surface area contributed by atoms with E-state index in [1.807, 2.05) is 31.2 Å². The predicted molar refractivity (Wildman–Crippen MR) is 128 cm³/mol. The van der Waals surface area contributed by atoms with Crippen LogP contribution in [-0.4, -0.2) is 31.0 Å². The van der Waals surface area contributed by atoms with E-state index in [1.54, 1.807) is 30.3 Å². The highest BCUT2D eigenvalue weighted by molar-refractivity contribution is 8.15. The molecule has 32 heavy (non-hydrogen) atoms. The normalized spacial score (nSPS) is 17.8. The molecule has 0 aromatic heterocycles. The summed E-state index contributed by atoms with van der Waals surface area (Å²) in [5.41, 5.74) is 0.478. The van der Waals surface area contributed by atoms with Gasteiger partial charge in [-0.2, -0.15) is 13.5 Å². The minimum atomic E-state index is -4.02. The molecule has 9 heteroatoms. The third-order valence-electron chi connectivity index (χ3n) is 4.82. The van der Waals surface area contributed by atoms with Crippen LogP contribution >= 0.6 is 11.8 Å². The fraction of sp³-hybridized carbons (Fsp3) is 0.174. The summed E-state index contributed by atoms with van der Waals surface area (Å²) in [6.45, 7) is 2.02. The molecule has 0 bridgehead atoms. The molecular formula is C23H21N3O4S2. The zero-order valence-corrected chi connectivity index (χ0v) is 18.9. The van der Waals surface area contributed by atoms with Crippen LogP contribution in [0.15, 0.2) is 81.8 Å². The Bertz CT molecular complexity index is 1310. The fourth-order valence-corrected chi connectivity index (χ4v) is 5.29. The van der Waals surface area contributed by atoms with Gasteiger partial charge in [-0.05, 0) is 35.4 Å². The maximum atomic E-state index is 12.8. The molecule has 1 aliphatic rings. The zero-order chi connectivity index (χ0) is 22.6. The highest BCUT2D eigenvalue weighted by Crippen LogP contribution is 2.29. The van der Waals surface area contributed by atoms with Crippen molar-refractivity contribution in [3.05, 3.63) is 72.3 Å². The van der Waals surface area contributed by atoms with Crippen molar-refractivity contribution >= 4 is 49.9 Å². The lowest BCUT2D eigenvalue weighted by Gasteiger charge is -2.11. The second kappa shape index (κ2) is 9.54. The average molecular weight is 468 g/mol. The van der Waals surface area contributed by atoms with Crippen molar-refractivity contribution in [2.75, 3.05) is 0 Å². The number of fused-ring (bicyclic) bond motifs is 1. The summed E-state index contributed by atoms with van der Waals surface area (Å²) in [5.74, 6) is 0.0670. The molecule has 1 saturated heterocycles. The van der Waals surface area contributed by atoms with Gasteiger partial charge in [-0.1, -0.05) is 73.6 Å². The monoisotopic (exact) mass is 467 g/mol. The van der Waals surface area contributed by atoms with Crippen LogP contribution in [0.5, 0.6) is 5.75 Å². The predicted octanol–water partition coefficient (Wildman–Crippen LogP) is 4.33. The molecule has 0 unspecified atom stereocenters. The molecule has 1 fully saturated rings. The summed E-state index contributed by atoms with van der Waals surface area (Å²) in [6, 6.07) is 18.8. The molecule has 0 spiro atoms. The Balaban J connectivity index is 1.68. The number of hydrogen-bond acceptors (Lipinski definition) is 7. The summed E-state index contributed by atoms with van der Waals surface area (Å²) in [7, 11) is -4.02. The van der Waals surface area contributed by atoms with Crippen molar-refractivity contribution in [2.45, 2.75) is 29.9 Å². The standard InChI is InChI=1S/C23H21N3O4S2/c1-2-8-21-22(27)25-23(31-21)26-24-15-19-18-12-7-6-9-16(18)13-14-20(19)30-32(28,29)17-10-4-3-5-11-17/h3-7,9-15,21H,2,8H2,1H3,(H,25,26,27)/t21-/m1/s1. The number of nitrogens with one attached hydrogen (secondary N) is 1. The van der Waals surface area contributed by atoms with Gasteiger partial charge in [0.05, 0.1) is 11.5 Å². The molecule has 1 N–H and O–H groups in total. The summed E-state index contributed by atoms with van der Waals surface area (Å²) < 4.78 is 31.0. The average Bonchev–Trinajstić information content (AvgIpc) is 3.15. The Labute approximate surface area is 190 Å². The number of carbonyl (C=O) groups excluding carboxylic acids is 1. The lowest BCUT2D eigenvalue weighted by molar-refractivity contribution is -0.118. The second-order valence-corrected chi connectivity index (χ2v) is 9.82. The molecule has 3 aromatic carbocycles. The Hall–Kier alpha value is -3.17. The first-order valence-corrected chi connectivity index (χ1v) is 12.4. The molecular weight excluding hydrogens is 446 g/mol. The molecule has 1 aliphatic heterocycles. The van der Waals surface area contributed by atoms with Crippen LogP contribution in [0.25, 0.3) is 10.8 Å². The molecule has 4 rings (SSSR count). The Kier molecular flexibility index (Phi) is 6.57. The highest BCUT2D eigenvalue weighted by atomic mass is 32.2. The van der Waals surface area contributed by atoms with Crippen LogP contribution in [0.2, 0.25) is 0 Å². The number of nitrogens with zero attached hydrogens (tertiary/aromatic N) is 2. The first-order valence-electron chi connectivity index (χ1n) is 10.1. The SMILES string of the molecule is CCC[C@H]1SC(=NN=Cc2c(OS(=O)(=O)c3ccccc3)ccc3ccccc23)NC1=O. The number of hydrogen-bond donors (Lipinski definition) is 1. The number of amides is 1. The fourth-order valence-electron chi connectivity index (χ4n) is 3.28. The van der Waals surface area contributed by atoms with Gasteiger partial charge in [-0.15, -0.1) is 5.10 Å². The van der Waals surface area contributed by atoms with Crippen LogP contribution in [0, 0.1) is 0 Å². The summed E-state index contributed by atoms with van der Waals surface area (Å²) >= 11 is 1.34. The largest absolute Gasteiger partial charge is 0.378 e. The maximum Gasteiger partial charge on any atom is 0.339 e. The van der Waals surface area contributed by atoms with E-state index in [0.717, 1.165) is 23.6 Å². The minimum Gasteiger partial charge on any atom is -0.378 e. The van der Waals surface area contributed by atoms with Crippen LogP contribution in [0.3, 0.4) is 0 Å². The number of amidine groups is 1. The first kappa shape index (κ1) is 22.0. The van der Waals surface area contributed by atoms with Gasteiger partial charge in [0, 0.05) is 5.56 Å². The third kappa shape index (κ3) is 4.84. The number of carbonyl (C=O) groups is 1. The molecule has 7 nitrogen and oxygen atoms in total. The Morgan fingerprint density at radius 3 is 2.59 bits per heavy atom. The third-order valence-corrected chi connectivity index (χ3v) is 7.21. The first-order chi connectivity index (χ1) is 15.5. The van der Waals surface area contributed by atoms with Gasteiger partial charge in [0.2, 0.25) is 5.91 Å². The van der Waals surface area contributed by atoms with Gasteiger partial charge in [-0.3, -0.25) is 4.79 Å². The van der Waals surface area contributed by atoms with E-state index in [9.17, 15) is 13.2 Å². The van der Waals surface area contributed by atoms with E-state index in [-0.39, 0.29) is 21.8 Å². The molecule has 0 radical (unpaired) electrons. The zero-order valence-electron chi connectivity index (χ0n) is 17.3. The van der Waals surface area contributed by atoms with Gasteiger partial charge in [0.15, 0.2) is 10.9 Å². The quantitative estimate of drug-likeness (QED) is 0.317. The molecule has 0 saturated carbocycles. The van der Waals surface area contributed by atoms with E-state index >= 15 is 0 Å². The van der Waals surface area contributed by atoms with Crippen molar-refractivity contribution in [1.82, 2.24) is 5.32 Å². The summed E-state index contributed by atoms with van der Waals surface area (Å²) in [5, 5.41) is 12.9. The number of thioether (sulfide) groups is 1. The van der Waals surface area contributed by atoms with Crippen molar-refractivity contribution in [3.63, 3.8) is 0 Å². The van der Waals surface area contributed by atoms with Gasteiger partial charge in [-0.25, -0.2) is 0 Å². The van der Waals surface area contributed by atoms with Crippen molar-refractivity contribution in [2.24, 2.45) is 10.2 Å². The lowest BCUT2D eigenvalue weighted by atomic mass is 10.0. The molecule has 1 amide bonds. The van der Waals surface area contributed by atoms with E-state index in [2.05, 4.69) is 15.5 Å². The smallest absolute Gasteiger partial charge is 0.339 e. The second-order valence-electron chi connectivity index (χ2n) is 7.08. The van der Waals surface area contributed by atoms with Gasteiger partial charge in [0.25, 0.3) is 0 Å². The van der Waals surface area contributed by atoms with Crippen LogP contribution in [0.1, 0.15) is 25.3 Å². The Morgan fingerprint density at radius 2 is 1.81 bits per heavy atom. The van der Waals surface area contributed by atoms with Crippen molar-refractivity contribution in [1.29, 1.82) is 0 Å². The molecule has 3 aromatic rings. The molecule has 1 heterocycles. The van der Waals surface area contributed by atoms with Crippen LogP contribution in [-0.2, 0) is 14.9 Å². The van der Waals surface area contributed by atoms with Crippen molar-refractivity contribution < 1.29 is 17.4 Å². The number of benzene rings is 3. The van der Waals surface area contributed by atoms with Gasteiger partial charge >= 0.3 is 10.1 Å². The Morgan fingerprint density at radius 1 is 1.06 bits per heavy atom. The highest BCUT2D eigenvalue weighted by Gasteiger charge is 2.29. The van der Waals surface area contributed by atoms with Crippen LogP contribution in [0.4, 0.5) is 0 Å². The molecule has 0 aliphatic carbocycles. The minimum absolute atomic E-state index is 0.0586. The maximum absolute atomic E-state index is 12.8. The molecule has 164 valence electrons. The lowest BCUT2D eigenvalue weighted by Crippen LogP contribution is -2.24. The van der Waals surface area contributed by atoms with E-state index in [4.69, 9.17) is 4.18 Å². The van der Waals surface area contributed by atoms with Crippen LogP contribution < -0.4 is 9.50 Å². The molecule has 1 atom stereocenters. The van der Waals surface area contributed by atoms with Gasteiger partial charge in [0.1, 0.15) is 4.90 Å². The van der Waals surface area contributed by atoms with E-state index in [0.29, 0.717) is 10.7 Å².